The monoisotopic (exact) mass is 227 g/mol. The Bertz CT molecular complexity index is 252. The molecular weight excluding hydrogens is 202 g/mol. The second-order valence-electron chi connectivity index (χ2n) is 5.21. The van der Waals surface area contributed by atoms with Crippen molar-refractivity contribution in [3.05, 3.63) is 0 Å². The first-order valence-corrected chi connectivity index (χ1v) is 6.49. The van der Waals surface area contributed by atoms with Crippen LogP contribution in [0.5, 0.6) is 0 Å². The van der Waals surface area contributed by atoms with Crippen LogP contribution in [-0.4, -0.2) is 34.1 Å². The summed E-state index contributed by atoms with van der Waals surface area (Å²) in [7, 11) is 0. The number of hydrogen-bond acceptors (Lipinski definition) is 2. The van der Waals surface area contributed by atoms with Crippen LogP contribution in [0, 0.1) is 5.92 Å². The van der Waals surface area contributed by atoms with Crippen LogP contribution in [0.1, 0.15) is 53.4 Å². The van der Waals surface area contributed by atoms with Crippen molar-refractivity contribution < 1.29 is 9.90 Å². The third-order valence-electron chi connectivity index (χ3n) is 4.11. The highest BCUT2D eigenvalue weighted by atomic mass is 16.4. The fourth-order valence-electron chi connectivity index (χ4n) is 3.20. The van der Waals surface area contributed by atoms with Gasteiger partial charge in [-0.1, -0.05) is 27.7 Å². The van der Waals surface area contributed by atoms with Gasteiger partial charge in [-0.3, -0.25) is 9.69 Å². The molecule has 94 valence electrons. The average molecular weight is 227 g/mol. The molecule has 0 bridgehead atoms. The Balaban J connectivity index is 2.97. The van der Waals surface area contributed by atoms with Gasteiger partial charge in [-0.15, -0.1) is 0 Å². The quantitative estimate of drug-likeness (QED) is 0.785. The molecule has 1 heterocycles. The van der Waals surface area contributed by atoms with E-state index in [0.717, 1.165) is 25.8 Å². The molecule has 0 aromatic rings. The minimum Gasteiger partial charge on any atom is -0.480 e. The molecule has 3 heteroatoms. The van der Waals surface area contributed by atoms with Gasteiger partial charge in [-0.25, -0.2) is 0 Å². The van der Waals surface area contributed by atoms with Crippen molar-refractivity contribution in [2.24, 2.45) is 5.92 Å². The minimum atomic E-state index is -0.633. The fraction of sp³-hybridized carbons (Fsp3) is 0.923. The summed E-state index contributed by atoms with van der Waals surface area (Å²) in [5.74, 6) is -0.111. The fourth-order valence-corrected chi connectivity index (χ4v) is 3.20. The third-order valence-corrected chi connectivity index (χ3v) is 4.11. The van der Waals surface area contributed by atoms with Crippen LogP contribution in [0.3, 0.4) is 0 Å². The summed E-state index contributed by atoms with van der Waals surface area (Å²) in [6.07, 6.45) is 3.57. The van der Waals surface area contributed by atoms with Crippen molar-refractivity contribution in [3.8, 4) is 0 Å². The maximum Gasteiger partial charge on any atom is 0.324 e. The van der Waals surface area contributed by atoms with Crippen molar-refractivity contribution in [2.75, 3.05) is 6.54 Å². The van der Waals surface area contributed by atoms with Gasteiger partial charge in [0.05, 0.1) is 0 Å². The van der Waals surface area contributed by atoms with E-state index in [9.17, 15) is 9.90 Å². The Labute approximate surface area is 98.8 Å². The molecule has 16 heavy (non-hydrogen) atoms. The number of nitrogens with zero attached hydrogens (tertiary/aromatic N) is 1. The predicted molar refractivity (Wildman–Crippen MR) is 65.5 cm³/mol. The number of carboxylic acid groups (broad SMARTS) is 1. The lowest BCUT2D eigenvalue weighted by Gasteiger charge is -2.41. The second kappa shape index (κ2) is 5.17. The lowest BCUT2D eigenvalue weighted by atomic mass is 9.89. The van der Waals surface area contributed by atoms with E-state index < -0.39 is 11.5 Å². The molecule has 2 atom stereocenters. The molecule has 1 rings (SSSR count). The Kier molecular flexibility index (Phi) is 4.36. The highest BCUT2D eigenvalue weighted by Crippen LogP contribution is 2.37. The van der Waals surface area contributed by atoms with Gasteiger partial charge in [0.15, 0.2) is 0 Å². The van der Waals surface area contributed by atoms with Crippen LogP contribution in [0.4, 0.5) is 0 Å². The van der Waals surface area contributed by atoms with E-state index in [1.807, 2.05) is 6.92 Å². The van der Waals surface area contributed by atoms with Gasteiger partial charge in [0.1, 0.15) is 5.54 Å². The van der Waals surface area contributed by atoms with Crippen LogP contribution in [-0.2, 0) is 4.79 Å². The van der Waals surface area contributed by atoms with Crippen molar-refractivity contribution in [1.82, 2.24) is 4.90 Å². The number of carbonyl (C=O) groups is 1. The second-order valence-corrected chi connectivity index (χ2v) is 5.21. The van der Waals surface area contributed by atoms with Gasteiger partial charge in [0.25, 0.3) is 0 Å². The normalized spacial score (nSPS) is 28.6. The average Bonchev–Trinajstić information content (AvgIpc) is 2.63. The first kappa shape index (κ1) is 13.5. The SMILES string of the molecule is CCC(C(C)C)N1CCCC1(CC)C(=O)O. The zero-order valence-corrected chi connectivity index (χ0v) is 11.0. The maximum atomic E-state index is 11.6. The number of aliphatic carboxylic acids is 1. The molecular formula is C13H25NO2. The lowest BCUT2D eigenvalue weighted by molar-refractivity contribution is -0.152. The Morgan fingerprint density at radius 2 is 2.06 bits per heavy atom. The molecule has 1 fully saturated rings. The molecule has 0 amide bonds. The molecule has 0 radical (unpaired) electrons. The van der Waals surface area contributed by atoms with E-state index in [1.165, 1.54) is 0 Å². The Hall–Kier alpha value is -0.570. The molecule has 0 aromatic carbocycles. The summed E-state index contributed by atoms with van der Waals surface area (Å²) in [5, 5.41) is 9.52. The van der Waals surface area contributed by atoms with Crippen LogP contribution >= 0.6 is 0 Å². The van der Waals surface area contributed by atoms with Gasteiger partial charge in [0, 0.05) is 6.04 Å². The van der Waals surface area contributed by atoms with E-state index in [0.29, 0.717) is 18.4 Å². The largest absolute Gasteiger partial charge is 0.480 e. The molecule has 1 aliphatic heterocycles. The topological polar surface area (TPSA) is 40.5 Å². The van der Waals surface area contributed by atoms with Crippen molar-refractivity contribution in [1.29, 1.82) is 0 Å². The smallest absolute Gasteiger partial charge is 0.324 e. The van der Waals surface area contributed by atoms with Gasteiger partial charge in [-0.2, -0.15) is 0 Å². The maximum absolute atomic E-state index is 11.6. The number of hydrogen-bond donors (Lipinski definition) is 1. The summed E-state index contributed by atoms with van der Waals surface area (Å²) < 4.78 is 0. The summed E-state index contributed by atoms with van der Waals surface area (Å²) in [5.41, 5.74) is -0.592. The highest BCUT2D eigenvalue weighted by molar-refractivity contribution is 5.79. The van der Waals surface area contributed by atoms with Crippen molar-refractivity contribution in [2.45, 2.75) is 65.0 Å². The molecule has 0 aliphatic carbocycles. The summed E-state index contributed by atoms with van der Waals surface area (Å²) in [6, 6.07) is 0.401. The van der Waals surface area contributed by atoms with Crippen LogP contribution < -0.4 is 0 Å². The van der Waals surface area contributed by atoms with E-state index in [2.05, 4.69) is 25.7 Å². The van der Waals surface area contributed by atoms with E-state index >= 15 is 0 Å². The molecule has 1 saturated heterocycles. The summed E-state index contributed by atoms with van der Waals surface area (Å²) in [6.45, 7) is 9.48. The standard InChI is InChI=1S/C13H25NO2/c1-5-11(10(3)4)14-9-7-8-13(14,6-2)12(15)16/h10-11H,5-9H2,1-4H3,(H,15,16). The van der Waals surface area contributed by atoms with Gasteiger partial charge in [-0.05, 0) is 38.1 Å². The molecule has 3 nitrogen and oxygen atoms in total. The van der Waals surface area contributed by atoms with Crippen LogP contribution in [0.15, 0.2) is 0 Å². The predicted octanol–water partition coefficient (Wildman–Crippen LogP) is 2.75. The van der Waals surface area contributed by atoms with Crippen LogP contribution in [0.2, 0.25) is 0 Å². The van der Waals surface area contributed by atoms with Crippen molar-refractivity contribution >= 4 is 5.97 Å². The zero-order chi connectivity index (χ0) is 12.3. The molecule has 0 aromatic heterocycles. The molecule has 1 aliphatic rings. The molecule has 0 saturated carbocycles. The molecule has 1 N–H and O–H groups in total. The first-order chi connectivity index (χ1) is 7.49. The van der Waals surface area contributed by atoms with E-state index in [-0.39, 0.29) is 0 Å². The summed E-state index contributed by atoms with van der Waals surface area (Å²) in [4.78, 5) is 13.8. The molecule has 0 spiro atoms. The Morgan fingerprint density at radius 1 is 1.44 bits per heavy atom. The van der Waals surface area contributed by atoms with Crippen LogP contribution in [0.25, 0.3) is 0 Å². The first-order valence-electron chi connectivity index (χ1n) is 6.49. The van der Waals surface area contributed by atoms with Crippen molar-refractivity contribution in [3.63, 3.8) is 0 Å². The van der Waals surface area contributed by atoms with Gasteiger partial charge < -0.3 is 5.11 Å². The number of carboxylic acids is 1. The zero-order valence-electron chi connectivity index (χ0n) is 11.0. The minimum absolute atomic E-state index is 0.401. The lowest BCUT2D eigenvalue weighted by Crippen LogP contribution is -2.55. The Morgan fingerprint density at radius 3 is 2.44 bits per heavy atom. The highest BCUT2D eigenvalue weighted by Gasteiger charge is 2.48. The van der Waals surface area contributed by atoms with E-state index in [1.54, 1.807) is 0 Å². The summed E-state index contributed by atoms with van der Waals surface area (Å²) >= 11 is 0. The van der Waals surface area contributed by atoms with Gasteiger partial charge in [0.2, 0.25) is 0 Å². The number of likely N-dealkylation sites (tertiary alicyclic amines) is 1. The number of rotatable bonds is 5. The third kappa shape index (κ3) is 2.10. The molecule has 2 unspecified atom stereocenters. The van der Waals surface area contributed by atoms with Gasteiger partial charge >= 0.3 is 5.97 Å². The van der Waals surface area contributed by atoms with E-state index in [4.69, 9.17) is 0 Å².